The van der Waals surface area contributed by atoms with Crippen LogP contribution in [0, 0.1) is 6.92 Å². The second-order valence-electron chi connectivity index (χ2n) is 10.8. The van der Waals surface area contributed by atoms with E-state index >= 15 is 0 Å². The normalized spacial score (nSPS) is 14.7. The van der Waals surface area contributed by atoms with Gasteiger partial charge in [-0.1, -0.05) is 42.5 Å². The summed E-state index contributed by atoms with van der Waals surface area (Å²) in [5.74, 6) is 1.03. The predicted octanol–water partition coefficient (Wildman–Crippen LogP) is 6.94. The van der Waals surface area contributed by atoms with Crippen LogP contribution in [0.15, 0.2) is 113 Å². The van der Waals surface area contributed by atoms with Gasteiger partial charge in [0, 0.05) is 11.3 Å². The van der Waals surface area contributed by atoms with Crippen molar-refractivity contribution in [2.24, 2.45) is 9.98 Å². The number of aliphatic imine (C=N–C) groups is 2. The molecule has 5 aromatic rings. The van der Waals surface area contributed by atoms with Crippen LogP contribution in [-0.4, -0.2) is 47.1 Å². The van der Waals surface area contributed by atoms with Gasteiger partial charge in [-0.2, -0.15) is 5.10 Å². The molecule has 3 heterocycles. The lowest BCUT2D eigenvalue weighted by molar-refractivity contribution is 0.0525. The number of benzene rings is 4. The van der Waals surface area contributed by atoms with E-state index in [9.17, 15) is 9.59 Å². The number of nitrogens with zero attached hydrogens (tertiary/aromatic N) is 5. The molecule has 10 heteroatoms. The first-order chi connectivity index (χ1) is 22.5. The monoisotopic (exact) mass is 610 g/mol. The number of para-hydroxylation sites is 3. The first-order valence-corrected chi connectivity index (χ1v) is 14.9. The molecule has 0 saturated carbocycles. The minimum absolute atomic E-state index is 0.304. The molecule has 1 atom stereocenters. The molecule has 0 fully saturated rings. The lowest BCUT2D eigenvalue weighted by atomic mass is 9.92. The molecule has 1 unspecified atom stereocenters. The summed E-state index contributed by atoms with van der Waals surface area (Å²) in [6.07, 6.45) is 0. The molecule has 0 aliphatic carbocycles. The third kappa shape index (κ3) is 4.99. The summed E-state index contributed by atoms with van der Waals surface area (Å²) in [6.45, 7) is 4.07. The van der Waals surface area contributed by atoms with Crippen LogP contribution in [-0.2, 0) is 9.47 Å². The average molecular weight is 611 g/mol. The molecule has 7 rings (SSSR count). The minimum atomic E-state index is -0.401. The van der Waals surface area contributed by atoms with Crippen LogP contribution in [0.25, 0.3) is 5.69 Å². The highest BCUT2D eigenvalue weighted by atomic mass is 16.5. The maximum atomic E-state index is 12.3. The number of aromatic nitrogens is 2. The van der Waals surface area contributed by atoms with Crippen LogP contribution >= 0.6 is 0 Å². The summed E-state index contributed by atoms with van der Waals surface area (Å²) in [7, 11) is 1.37. The SMILES string of the molecule is CCOC(=O)c1ccc(NC2=Nc3ccccc3N3C2=Nc2c(c(C)nn2-c2ccccc2)C3c2ccc(C(=O)OC)cc2)cc1. The van der Waals surface area contributed by atoms with Crippen molar-refractivity contribution in [3.05, 3.63) is 131 Å². The van der Waals surface area contributed by atoms with Gasteiger partial charge in [-0.25, -0.2) is 24.3 Å². The van der Waals surface area contributed by atoms with Crippen molar-refractivity contribution in [2.75, 3.05) is 23.9 Å². The first kappa shape index (κ1) is 28.7. The Morgan fingerprint density at radius 3 is 2.22 bits per heavy atom. The molecule has 1 aromatic heterocycles. The largest absolute Gasteiger partial charge is 0.465 e. The lowest BCUT2D eigenvalue weighted by Crippen LogP contribution is -2.46. The van der Waals surface area contributed by atoms with Crippen LogP contribution in [0.2, 0.25) is 0 Å². The second kappa shape index (κ2) is 11.8. The lowest BCUT2D eigenvalue weighted by Gasteiger charge is -2.40. The van der Waals surface area contributed by atoms with Gasteiger partial charge in [0.15, 0.2) is 17.5 Å². The van der Waals surface area contributed by atoms with Crippen molar-refractivity contribution in [3.63, 3.8) is 0 Å². The number of rotatable bonds is 6. The molecule has 0 bridgehead atoms. The molecule has 0 amide bonds. The van der Waals surface area contributed by atoms with Crippen molar-refractivity contribution in [1.29, 1.82) is 0 Å². The van der Waals surface area contributed by atoms with Crippen LogP contribution in [0.5, 0.6) is 0 Å². The van der Waals surface area contributed by atoms with Crippen molar-refractivity contribution in [1.82, 2.24) is 9.78 Å². The van der Waals surface area contributed by atoms with Gasteiger partial charge in [0.1, 0.15) is 0 Å². The summed E-state index contributed by atoms with van der Waals surface area (Å²) < 4.78 is 12.0. The third-order valence-electron chi connectivity index (χ3n) is 7.95. The zero-order valence-corrected chi connectivity index (χ0v) is 25.5. The van der Waals surface area contributed by atoms with Gasteiger partial charge < -0.3 is 19.7 Å². The maximum absolute atomic E-state index is 12.3. The number of esters is 2. The number of methoxy groups -OCH3 is 1. The van der Waals surface area contributed by atoms with Gasteiger partial charge in [-0.3, -0.25) is 0 Å². The Kier molecular flexibility index (Phi) is 7.38. The Hall–Kier alpha value is -6.03. The van der Waals surface area contributed by atoms with E-state index < -0.39 is 5.97 Å². The fourth-order valence-corrected chi connectivity index (χ4v) is 5.82. The summed E-state index contributed by atoms with van der Waals surface area (Å²) >= 11 is 0. The van der Waals surface area contributed by atoms with E-state index in [-0.39, 0.29) is 12.0 Å². The molecule has 46 heavy (non-hydrogen) atoms. The minimum Gasteiger partial charge on any atom is -0.465 e. The molecular weight excluding hydrogens is 580 g/mol. The molecule has 2 aliphatic rings. The highest BCUT2D eigenvalue weighted by Crippen LogP contribution is 2.48. The second-order valence-corrected chi connectivity index (χ2v) is 10.8. The van der Waals surface area contributed by atoms with Gasteiger partial charge >= 0.3 is 11.9 Å². The fraction of sp³-hybridized carbons (Fsp3) is 0.139. The third-order valence-corrected chi connectivity index (χ3v) is 7.95. The Bertz CT molecular complexity index is 2010. The highest BCUT2D eigenvalue weighted by molar-refractivity contribution is 6.51. The number of amidine groups is 2. The molecular formula is C36H30N6O4. The Balaban J connectivity index is 1.40. The zero-order chi connectivity index (χ0) is 31.8. The fourth-order valence-electron chi connectivity index (χ4n) is 5.82. The molecule has 10 nitrogen and oxygen atoms in total. The van der Waals surface area contributed by atoms with Gasteiger partial charge in [0.05, 0.1) is 53.6 Å². The van der Waals surface area contributed by atoms with Gasteiger partial charge in [0.25, 0.3) is 0 Å². The smallest absolute Gasteiger partial charge is 0.338 e. The molecule has 0 spiro atoms. The molecule has 0 saturated heterocycles. The predicted molar refractivity (Wildman–Crippen MR) is 177 cm³/mol. The number of carbonyl (C=O) groups excluding carboxylic acids is 2. The average Bonchev–Trinajstić information content (AvgIpc) is 3.43. The maximum Gasteiger partial charge on any atom is 0.338 e. The van der Waals surface area contributed by atoms with Crippen molar-refractivity contribution >= 4 is 46.5 Å². The number of aryl methyl sites for hydroxylation is 1. The Labute approximate surface area is 265 Å². The Morgan fingerprint density at radius 1 is 0.826 bits per heavy atom. The van der Waals surface area contributed by atoms with Gasteiger partial charge in [-0.15, -0.1) is 0 Å². The number of hydrogen-bond donors (Lipinski definition) is 1. The number of ether oxygens (including phenoxy) is 2. The van der Waals surface area contributed by atoms with Crippen molar-refractivity contribution < 1.29 is 19.1 Å². The van der Waals surface area contributed by atoms with E-state index in [1.165, 1.54) is 7.11 Å². The van der Waals surface area contributed by atoms with Gasteiger partial charge in [0.2, 0.25) is 0 Å². The van der Waals surface area contributed by atoms with Crippen LogP contribution in [0.3, 0.4) is 0 Å². The van der Waals surface area contributed by atoms with Crippen molar-refractivity contribution in [3.8, 4) is 5.69 Å². The molecule has 4 aromatic carbocycles. The van der Waals surface area contributed by atoms with Crippen LogP contribution in [0.4, 0.5) is 22.9 Å². The van der Waals surface area contributed by atoms with E-state index in [0.717, 1.165) is 39.6 Å². The van der Waals surface area contributed by atoms with Gasteiger partial charge in [-0.05, 0) is 80.1 Å². The zero-order valence-electron chi connectivity index (χ0n) is 25.5. The molecule has 0 radical (unpaired) electrons. The summed E-state index contributed by atoms with van der Waals surface area (Å²) in [5.41, 5.74) is 6.87. The van der Waals surface area contributed by atoms with E-state index in [4.69, 9.17) is 24.6 Å². The number of nitrogens with one attached hydrogen (secondary N) is 1. The van der Waals surface area contributed by atoms with Crippen molar-refractivity contribution in [2.45, 2.75) is 19.9 Å². The molecule has 228 valence electrons. The van der Waals surface area contributed by atoms with E-state index in [2.05, 4.69) is 10.2 Å². The molecule has 1 N–H and O–H groups in total. The molecule has 2 aliphatic heterocycles. The summed E-state index contributed by atoms with van der Waals surface area (Å²) in [6, 6.07) is 31.9. The Morgan fingerprint density at radius 2 is 1.50 bits per heavy atom. The number of anilines is 2. The van der Waals surface area contributed by atoms with Crippen LogP contribution < -0.4 is 10.2 Å². The topological polar surface area (TPSA) is 110 Å². The highest BCUT2D eigenvalue weighted by Gasteiger charge is 2.41. The number of carbonyl (C=O) groups is 2. The summed E-state index contributed by atoms with van der Waals surface area (Å²) in [5, 5.41) is 8.42. The number of fused-ring (bicyclic) bond motifs is 4. The first-order valence-electron chi connectivity index (χ1n) is 14.9. The summed E-state index contributed by atoms with van der Waals surface area (Å²) in [4.78, 5) is 37.0. The van der Waals surface area contributed by atoms with Crippen LogP contribution in [0.1, 0.15) is 50.5 Å². The standard InChI is InChI=1S/C36H30N6O4/c1-4-46-36(44)25-18-20-26(21-19-25)37-32-34-39-33-30(22(2)40-42(33)27-10-6-5-7-11-27)31(23-14-16-24(17-15-23)35(43)45-3)41(34)29-13-9-8-12-28(29)38-32/h5-21,31H,4H2,1-3H3,(H,37,38). The number of hydrogen-bond acceptors (Lipinski definition) is 9. The van der Waals surface area contributed by atoms with E-state index in [0.29, 0.717) is 35.2 Å². The van der Waals surface area contributed by atoms with E-state index in [1.54, 1.807) is 31.2 Å². The van der Waals surface area contributed by atoms with E-state index in [1.807, 2.05) is 90.5 Å². The quantitative estimate of drug-likeness (QED) is 0.207.